The summed E-state index contributed by atoms with van der Waals surface area (Å²) in [5.74, 6) is 1.10. The fourth-order valence-electron chi connectivity index (χ4n) is 2.85. The zero-order valence-electron chi connectivity index (χ0n) is 17.1. The Hall–Kier alpha value is -3.62. The highest BCUT2D eigenvalue weighted by molar-refractivity contribution is 5.95. The van der Waals surface area contributed by atoms with E-state index in [0.29, 0.717) is 23.0 Å². The van der Waals surface area contributed by atoms with Crippen LogP contribution < -0.4 is 29.0 Å². The Morgan fingerprint density at radius 2 is 1.63 bits per heavy atom. The maximum absolute atomic E-state index is 12.6. The molecule has 160 valence electrons. The summed E-state index contributed by atoms with van der Waals surface area (Å²) < 4.78 is 31.5. The number of nitrogens with one attached hydrogen (secondary N) is 1. The summed E-state index contributed by atoms with van der Waals surface area (Å²) in [5, 5.41) is 2.73. The van der Waals surface area contributed by atoms with Crippen molar-refractivity contribution < 1.29 is 38.0 Å². The zero-order valence-corrected chi connectivity index (χ0v) is 17.1. The summed E-state index contributed by atoms with van der Waals surface area (Å²) in [6.45, 7) is 1.91. The van der Waals surface area contributed by atoms with Gasteiger partial charge in [-0.25, -0.2) is 4.79 Å². The molecule has 0 unspecified atom stereocenters. The normalized spacial score (nSPS) is 12.7. The lowest BCUT2D eigenvalue weighted by Crippen LogP contribution is -2.35. The molecular weight excluding hydrogens is 394 g/mol. The Morgan fingerprint density at radius 3 is 2.33 bits per heavy atom. The van der Waals surface area contributed by atoms with Gasteiger partial charge in [0.05, 0.1) is 21.3 Å². The number of ether oxygens (including phenoxy) is 6. The Balaban J connectivity index is 1.62. The van der Waals surface area contributed by atoms with Gasteiger partial charge in [-0.1, -0.05) is 6.07 Å². The van der Waals surface area contributed by atoms with Crippen LogP contribution in [-0.2, 0) is 16.1 Å². The Morgan fingerprint density at radius 1 is 0.967 bits per heavy atom. The van der Waals surface area contributed by atoms with Crippen LogP contribution in [0, 0.1) is 0 Å². The van der Waals surface area contributed by atoms with Gasteiger partial charge in [-0.2, -0.15) is 0 Å². The van der Waals surface area contributed by atoms with E-state index in [9.17, 15) is 9.59 Å². The van der Waals surface area contributed by atoms with Gasteiger partial charge in [0.25, 0.3) is 5.91 Å². The summed E-state index contributed by atoms with van der Waals surface area (Å²) in [7, 11) is 4.34. The molecule has 0 aromatic heterocycles. The van der Waals surface area contributed by atoms with Crippen molar-refractivity contribution in [3.8, 4) is 28.7 Å². The molecule has 0 bridgehead atoms. The van der Waals surface area contributed by atoms with Crippen molar-refractivity contribution in [3.05, 3.63) is 41.5 Å². The Labute approximate surface area is 173 Å². The number of carbonyl (C=O) groups excluding carboxylic acids is 2. The van der Waals surface area contributed by atoms with Crippen LogP contribution in [0.4, 0.5) is 0 Å². The predicted octanol–water partition coefficient (Wildman–Crippen LogP) is 2.30. The second-order valence-corrected chi connectivity index (χ2v) is 6.36. The molecular formula is C21H23NO8. The van der Waals surface area contributed by atoms with Gasteiger partial charge in [0.1, 0.15) is 11.3 Å². The molecule has 0 fully saturated rings. The standard InChI is InChI=1S/C21H23NO8/c1-12(20(23)22-10-13-5-6-15-19(7-13)29-11-28-15)30-21(24)14-8-17(26-3)18(27-4)9-16(14)25-2/h5-9,12H,10-11H2,1-4H3,(H,22,23)/t12-/m1/s1. The molecule has 0 radical (unpaired) electrons. The van der Waals surface area contributed by atoms with Gasteiger partial charge in [0.2, 0.25) is 6.79 Å². The topological polar surface area (TPSA) is 102 Å². The van der Waals surface area contributed by atoms with Crippen molar-refractivity contribution >= 4 is 11.9 Å². The summed E-state index contributed by atoms with van der Waals surface area (Å²) in [4.78, 5) is 25.0. The van der Waals surface area contributed by atoms with E-state index in [4.69, 9.17) is 28.4 Å². The molecule has 1 heterocycles. The second-order valence-electron chi connectivity index (χ2n) is 6.36. The monoisotopic (exact) mass is 417 g/mol. The van der Waals surface area contributed by atoms with Gasteiger partial charge < -0.3 is 33.7 Å². The summed E-state index contributed by atoms with van der Waals surface area (Å²) in [5.41, 5.74) is 0.943. The second kappa shape index (κ2) is 9.25. The third kappa shape index (κ3) is 4.51. The van der Waals surface area contributed by atoms with Crippen LogP contribution in [0.3, 0.4) is 0 Å². The van der Waals surface area contributed by atoms with Crippen LogP contribution in [0.25, 0.3) is 0 Å². The molecule has 0 spiro atoms. The lowest BCUT2D eigenvalue weighted by atomic mass is 10.1. The van der Waals surface area contributed by atoms with Gasteiger partial charge in [-0.15, -0.1) is 0 Å². The lowest BCUT2D eigenvalue weighted by molar-refractivity contribution is -0.129. The van der Waals surface area contributed by atoms with Gasteiger partial charge in [0.15, 0.2) is 29.1 Å². The fraction of sp³-hybridized carbons (Fsp3) is 0.333. The van der Waals surface area contributed by atoms with Crippen LogP contribution >= 0.6 is 0 Å². The molecule has 9 heteroatoms. The van der Waals surface area contributed by atoms with Crippen molar-refractivity contribution in [1.82, 2.24) is 5.32 Å². The summed E-state index contributed by atoms with van der Waals surface area (Å²) in [6, 6.07) is 8.33. The van der Waals surface area contributed by atoms with E-state index in [1.807, 2.05) is 6.07 Å². The maximum Gasteiger partial charge on any atom is 0.342 e. The number of hydrogen-bond donors (Lipinski definition) is 1. The van der Waals surface area contributed by atoms with E-state index in [0.717, 1.165) is 5.56 Å². The first-order valence-corrected chi connectivity index (χ1v) is 9.14. The maximum atomic E-state index is 12.6. The third-order valence-electron chi connectivity index (χ3n) is 4.48. The molecule has 1 aliphatic heterocycles. The average Bonchev–Trinajstić information content (AvgIpc) is 3.24. The molecule has 0 saturated carbocycles. The number of fused-ring (bicyclic) bond motifs is 1. The number of esters is 1. The van der Waals surface area contributed by atoms with Gasteiger partial charge >= 0.3 is 5.97 Å². The number of hydrogen-bond acceptors (Lipinski definition) is 8. The fourth-order valence-corrected chi connectivity index (χ4v) is 2.85. The molecule has 2 aromatic rings. The average molecular weight is 417 g/mol. The highest BCUT2D eigenvalue weighted by atomic mass is 16.7. The van der Waals surface area contributed by atoms with E-state index in [2.05, 4.69) is 5.32 Å². The van der Waals surface area contributed by atoms with Crippen molar-refractivity contribution in [3.63, 3.8) is 0 Å². The van der Waals surface area contributed by atoms with E-state index in [1.54, 1.807) is 12.1 Å². The molecule has 3 rings (SSSR count). The molecule has 1 N–H and O–H groups in total. The van der Waals surface area contributed by atoms with Crippen molar-refractivity contribution in [1.29, 1.82) is 0 Å². The minimum absolute atomic E-state index is 0.116. The minimum Gasteiger partial charge on any atom is -0.496 e. The van der Waals surface area contributed by atoms with E-state index in [1.165, 1.54) is 40.4 Å². The number of amides is 1. The Bertz CT molecular complexity index is 943. The number of rotatable bonds is 8. The molecule has 1 aliphatic rings. The summed E-state index contributed by atoms with van der Waals surface area (Å²) >= 11 is 0. The number of benzene rings is 2. The van der Waals surface area contributed by atoms with E-state index < -0.39 is 18.0 Å². The molecule has 9 nitrogen and oxygen atoms in total. The Kier molecular flexibility index (Phi) is 6.51. The lowest BCUT2D eigenvalue weighted by Gasteiger charge is -2.16. The SMILES string of the molecule is COc1cc(OC)c(C(=O)O[C@H](C)C(=O)NCc2ccc3c(c2)OCO3)cc1OC. The first-order valence-electron chi connectivity index (χ1n) is 9.14. The quantitative estimate of drug-likeness (QED) is 0.653. The van der Waals surface area contributed by atoms with Crippen molar-refractivity contribution in [2.24, 2.45) is 0 Å². The molecule has 30 heavy (non-hydrogen) atoms. The third-order valence-corrected chi connectivity index (χ3v) is 4.48. The predicted molar refractivity (Wildman–Crippen MR) is 105 cm³/mol. The van der Waals surface area contributed by atoms with Crippen LogP contribution in [0.1, 0.15) is 22.8 Å². The molecule has 0 saturated heterocycles. The first kappa shape index (κ1) is 21.1. The van der Waals surface area contributed by atoms with Crippen molar-refractivity contribution in [2.45, 2.75) is 19.6 Å². The largest absolute Gasteiger partial charge is 0.496 e. The highest BCUT2D eigenvalue weighted by Gasteiger charge is 2.24. The number of carbonyl (C=O) groups is 2. The van der Waals surface area contributed by atoms with Gasteiger partial charge in [-0.3, -0.25) is 4.79 Å². The smallest absolute Gasteiger partial charge is 0.342 e. The van der Waals surface area contributed by atoms with Crippen LogP contribution in [0.2, 0.25) is 0 Å². The highest BCUT2D eigenvalue weighted by Crippen LogP contribution is 2.35. The van der Waals surface area contributed by atoms with Crippen LogP contribution in [-0.4, -0.2) is 46.1 Å². The molecule has 0 aliphatic carbocycles. The molecule has 1 atom stereocenters. The number of methoxy groups -OCH3 is 3. The van der Waals surface area contributed by atoms with Gasteiger partial charge in [0, 0.05) is 18.7 Å². The molecule has 1 amide bonds. The van der Waals surface area contributed by atoms with Gasteiger partial charge in [-0.05, 0) is 24.6 Å². The van der Waals surface area contributed by atoms with Crippen LogP contribution in [0.5, 0.6) is 28.7 Å². The van der Waals surface area contributed by atoms with E-state index >= 15 is 0 Å². The first-order chi connectivity index (χ1) is 14.5. The summed E-state index contributed by atoms with van der Waals surface area (Å²) in [6.07, 6.45) is -1.02. The minimum atomic E-state index is -1.02. The van der Waals surface area contributed by atoms with Crippen LogP contribution in [0.15, 0.2) is 30.3 Å². The molecule has 2 aromatic carbocycles. The van der Waals surface area contributed by atoms with Crippen molar-refractivity contribution in [2.75, 3.05) is 28.1 Å². The van der Waals surface area contributed by atoms with E-state index in [-0.39, 0.29) is 24.7 Å². The zero-order chi connectivity index (χ0) is 21.7.